The summed E-state index contributed by atoms with van der Waals surface area (Å²) in [6.07, 6.45) is 23.9. The number of hydrogen-bond donors (Lipinski definition) is 0. The molecule has 10 nitrogen and oxygen atoms in total. The van der Waals surface area contributed by atoms with E-state index in [-0.39, 0.29) is 56.0 Å². The zero-order valence-corrected chi connectivity index (χ0v) is 68.5. The summed E-state index contributed by atoms with van der Waals surface area (Å²) in [5, 5.41) is 0. The highest BCUT2D eigenvalue weighted by Crippen LogP contribution is 2.51. The van der Waals surface area contributed by atoms with E-state index in [4.69, 9.17) is 28.1 Å². The first-order valence-electron chi connectivity index (χ1n) is 33.9. The molecule has 0 aromatic carbocycles. The zero-order chi connectivity index (χ0) is 71.5. The van der Waals surface area contributed by atoms with E-state index in [9.17, 15) is 14.4 Å². The lowest BCUT2D eigenvalue weighted by Gasteiger charge is -2.32. The van der Waals surface area contributed by atoms with E-state index < -0.39 is 5.97 Å². The third-order valence-electron chi connectivity index (χ3n) is 17.8. The smallest absolute Gasteiger partial charge is 0.463 e. The third-order valence-corrected chi connectivity index (χ3v) is 32.0. The van der Waals surface area contributed by atoms with Gasteiger partial charge in [-0.25, -0.2) is 14.4 Å². The lowest BCUT2D eigenvalue weighted by atomic mass is 9.86. The predicted octanol–water partition coefficient (Wildman–Crippen LogP) is 24.4. The minimum absolute atomic E-state index is 0. The Morgan fingerprint density at radius 1 is 0.412 bits per heavy atom. The van der Waals surface area contributed by atoms with Crippen molar-refractivity contribution in [1.82, 2.24) is 0 Å². The Morgan fingerprint density at radius 3 is 1.16 bits per heavy atom. The first-order chi connectivity index (χ1) is 48.5. The molecule has 2 aliphatic heterocycles. The first kappa shape index (κ1) is 79.6. The largest absolute Gasteiger partial charge is 0.505 e. The van der Waals surface area contributed by atoms with Crippen molar-refractivity contribution in [3.05, 3.63) is 117 Å². The number of carbonyl (C=O) groups excluding carboxylic acids is 3. The van der Waals surface area contributed by atoms with Crippen LogP contribution in [-0.4, -0.2) is 67.8 Å². The summed E-state index contributed by atoms with van der Waals surface area (Å²) in [6, 6.07) is 22.2. The van der Waals surface area contributed by atoms with E-state index in [2.05, 4.69) is 174 Å². The SMILES string of the molecule is C.C=CC(=O)OC#Cc1cc2sc3cc(Br)sc3c2s1.C=CC(=O)OCCCCCCCCCC#Cc1cc2sc3cc(-c4ccc(-c5cc6sc7cc(C#CCCCCCCCCCOC(=O)C=C)sc7c6s5)s4)sc3c2s1.CC1(C)OB(c2ccc(B3OC(C)(C)C(C)(C)O3)s2)OC1(C)C. The molecule has 2 fully saturated rings. The van der Waals surface area contributed by atoms with Crippen molar-refractivity contribution in [3.63, 3.8) is 0 Å². The molecule has 0 atom stereocenters. The fourth-order valence-corrected chi connectivity index (χ4v) is 25.2. The summed E-state index contributed by atoms with van der Waals surface area (Å²) in [7, 11) is -0.664. The molecule has 0 spiro atoms. The van der Waals surface area contributed by atoms with Crippen LogP contribution in [0.1, 0.15) is 180 Å². The molecule has 0 N–H and O–H groups in total. The molecule has 0 radical (unpaired) electrons. The minimum atomic E-state index is -0.532. The van der Waals surface area contributed by atoms with Crippen molar-refractivity contribution >= 4 is 239 Å². The number of ether oxygens (including phenoxy) is 3. The Bertz CT molecular complexity index is 4700. The quantitative estimate of drug-likeness (QED) is 0.0137. The molecule has 0 amide bonds. The molecule has 0 saturated carbocycles. The van der Waals surface area contributed by atoms with Gasteiger partial charge in [-0.15, -0.1) is 113 Å². The van der Waals surface area contributed by atoms with Gasteiger partial charge < -0.3 is 32.8 Å². The molecule has 24 heteroatoms. The second-order valence-corrected chi connectivity index (χ2v) is 39.5. The van der Waals surface area contributed by atoms with Gasteiger partial charge in [0.2, 0.25) is 0 Å². The Hall–Kier alpha value is -4.98. The van der Waals surface area contributed by atoms with E-state index in [1.807, 2.05) is 97.6 Å². The number of carbonyl (C=O) groups is 3. The van der Waals surface area contributed by atoms with Crippen molar-refractivity contribution in [2.45, 2.75) is 188 Å². The molecule has 11 aromatic rings. The van der Waals surface area contributed by atoms with Crippen LogP contribution in [0.2, 0.25) is 0 Å². The van der Waals surface area contributed by atoms with E-state index in [1.165, 1.54) is 149 Å². The van der Waals surface area contributed by atoms with Gasteiger partial charge in [-0.2, -0.15) is 11.3 Å². The van der Waals surface area contributed by atoms with Crippen LogP contribution in [0.4, 0.5) is 0 Å². The maximum atomic E-state index is 11.1. The van der Waals surface area contributed by atoms with E-state index in [0.29, 0.717) is 13.2 Å². The Labute approximate surface area is 652 Å². The molecule has 13 heterocycles. The maximum Gasteiger partial charge on any atom is 0.505 e. The molecule has 102 heavy (non-hydrogen) atoms. The van der Waals surface area contributed by atoms with Gasteiger partial charge in [0.25, 0.3) is 0 Å². The average molecular weight is 1630 g/mol. The zero-order valence-electron chi connectivity index (χ0n) is 58.0. The van der Waals surface area contributed by atoms with E-state index >= 15 is 0 Å². The first-order valence-corrected chi connectivity index (χ1v) is 43.6. The van der Waals surface area contributed by atoms with Gasteiger partial charge in [0.15, 0.2) is 0 Å². The van der Waals surface area contributed by atoms with E-state index in [0.717, 1.165) is 75.7 Å². The van der Waals surface area contributed by atoms with Crippen LogP contribution < -0.4 is 9.55 Å². The van der Waals surface area contributed by atoms with Gasteiger partial charge in [0.05, 0.1) is 82.2 Å². The summed E-state index contributed by atoms with van der Waals surface area (Å²) in [5.74, 6) is 15.4. The lowest BCUT2D eigenvalue weighted by Crippen LogP contribution is -2.41. The number of hydrogen-bond acceptors (Lipinski definition) is 21. The molecule has 0 unspecified atom stereocenters. The molecule has 0 bridgehead atoms. The lowest BCUT2D eigenvalue weighted by molar-refractivity contribution is -0.138. The van der Waals surface area contributed by atoms with Crippen LogP contribution in [0.25, 0.3) is 75.9 Å². The number of halogens is 1. The number of thiophene rings is 11. The van der Waals surface area contributed by atoms with Crippen molar-refractivity contribution < 1.29 is 47.2 Å². The molecule has 534 valence electrons. The molecular formula is C78H83B2BrO10S11. The van der Waals surface area contributed by atoms with Gasteiger partial charge in [0.1, 0.15) is 6.11 Å². The normalized spacial score (nSPS) is 14.7. The van der Waals surface area contributed by atoms with Crippen LogP contribution in [0.15, 0.2) is 102 Å². The van der Waals surface area contributed by atoms with Gasteiger partial charge in [-0.3, -0.25) is 0 Å². The second kappa shape index (κ2) is 36.1. The second-order valence-electron chi connectivity index (χ2n) is 26.3. The average Bonchev–Trinajstić information content (AvgIpc) is 1.69. The maximum absolute atomic E-state index is 11.1. The molecular weight excluding hydrogens is 1550 g/mol. The fraction of sp³-hybridized carbons (Fsp3) is 0.397. The van der Waals surface area contributed by atoms with Crippen LogP contribution in [0.5, 0.6) is 0 Å². The van der Waals surface area contributed by atoms with Crippen molar-refractivity contribution in [1.29, 1.82) is 0 Å². The Balaban J connectivity index is 0.000000210. The van der Waals surface area contributed by atoms with Crippen molar-refractivity contribution in [2.24, 2.45) is 0 Å². The summed E-state index contributed by atoms with van der Waals surface area (Å²) >= 11 is 23.4. The standard InChI is InChI=1S/C48H48O4S7.C16H26B2O4S.C13H5BrO2S3.CH4/c1-3-43(49)51-27-21-17-13-9-5-7-11-15-19-23-33-29-39-45(53-33)47-41(56-39)31-37(58-47)35-25-26-36(55-35)38-32-42-48(59-38)46-40(57-42)30-34(54-46)24-20-16-12-8-6-10-14-18-22-28-52-44(50)4-2;1-13(2)14(3,4)20-17(19-13)11-9-10-12(23-11)18-21-15(5,6)16(7,8)22-18;1-2-11(15)16-4-3-7-5-8-12(17-7)13-9(18-8)6-10(14)19-13;/h3-4,25-26,29-32H,1-2,5-18,21-22,27-28H2;9-10H,1-8H3;2,5-6H,1H2;1H4. The highest BCUT2D eigenvalue weighted by atomic mass is 79.9. The summed E-state index contributed by atoms with van der Waals surface area (Å²) in [4.78, 5) is 41.6. The number of fused-ring (bicyclic) bond motifs is 9. The molecule has 0 aliphatic carbocycles. The summed E-state index contributed by atoms with van der Waals surface area (Å²) in [5.41, 5.74) is -1.31. The minimum Gasteiger partial charge on any atom is -0.463 e. The van der Waals surface area contributed by atoms with Crippen molar-refractivity contribution in [3.8, 4) is 55.2 Å². The van der Waals surface area contributed by atoms with E-state index in [1.54, 1.807) is 45.3 Å². The van der Waals surface area contributed by atoms with Gasteiger partial charge in [0, 0.05) is 88.3 Å². The van der Waals surface area contributed by atoms with Crippen LogP contribution in [-0.2, 0) is 47.2 Å². The van der Waals surface area contributed by atoms with Crippen molar-refractivity contribution in [2.75, 3.05) is 13.2 Å². The fourth-order valence-electron chi connectivity index (χ4n) is 10.9. The summed E-state index contributed by atoms with van der Waals surface area (Å²) < 4.78 is 58.5. The Morgan fingerprint density at radius 2 is 0.755 bits per heavy atom. The topological polar surface area (TPSA) is 116 Å². The molecule has 2 saturated heterocycles. The van der Waals surface area contributed by atoms with Crippen LogP contribution in [0.3, 0.4) is 0 Å². The molecule has 2 aliphatic rings. The van der Waals surface area contributed by atoms with Crippen LogP contribution >= 0.6 is 141 Å². The monoisotopic (exact) mass is 1630 g/mol. The predicted molar refractivity (Wildman–Crippen MR) is 451 cm³/mol. The molecule has 13 rings (SSSR count). The van der Waals surface area contributed by atoms with Gasteiger partial charge in [-0.1, -0.05) is 127 Å². The molecule has 11 aromatic heterocycles. The van der Waals surface area contributed by atoms with Gasteiger partial charge >= 0.3 is 32.1 Å². The highest BCUT2D eigenvalue weighted by Gasteiger charge is 2.54. The Kier molecular flexibility index (Phi) is 28.1. The number of esters is 3. The summed E-state index contributed by atoms with van der Waals surface area (Å²) in [6.45, 7) is 27.7. The number of rotatable bonds is 25. The van der Waals surface area contributed by atoms with Crippen LogP contribution in [0, 0.1) is 35.7 Å². The third kappa shape index (κ3) is 20.0. The van der Waals surface area contributed by atoms with Gasteiger partial charge in [-0.05, 0) is 151 Å². The highest BCUT2D eigenvalue weighted by molar-refractivity contribution is 9.11. The number of unbranched alkanes of at least 4 members (excludes halogenated alkanes) is 14.